The number of benzene rings is 1. The van der Waals surface area contributed by atoms with Crippen LogP contribution < -0.4 is 10.1 Å². The molecule has 14 heavy (non-hydrogen) atoms. The van der Waals surface area contributed by atoms with Crippen LogP contribution in [0.4, 0.5) is 0 Å². The minimum absolute atomic E-state index is 0.684. The SMILES string of the molecule is CNCCc1c(C)ccc(Cl)c1OC. The van der Waals surface area contributed by atoms with Crippen molar-refractivity contribution in [2.75, 3.05) is 20.7 Å². The summed E-state index contributed by atoms with van der Waals surface area (Å²) in [6.07, 6.45) is 0.937. The number of hydrogen-bond donors (Lipinski definition) is 1. The number of methoxy groups -OCH3 is 1. The fourth-order valence-electron chi connectivity index (χ4n) is 1.48. The lowest BCUT2D eigenvalue weighted by Gasteiger charge is -2.12. The molecule has 78 valence electrons. The Morgan fingerprint density at radius 1 is 1.43 bits per heavy atom. The molecule has 0 aliphatic carbocycles. The van der Waals surface area contributed by atoms with Crippen LogP contribution in [0.3, 0.4) is 0 Å². The van der Waals surface area contributed by atoms with Gasteiger partial charge in [0.25, 0.3) is 0 Å². The minimum Gasteiger partial charge on any atom is -0.495 e. The first-order chi connectivity index (χ1) is 6.70. The third kappa shape index (κ3) is 2.40. The van der Waals surface area contributed by atoms with E-state index >= 15 is 0 Å². The van der Waals surface area contributed by atoms with Gasteiger partial charge in [-0.1, -0.05) is 17.7 Å². The lowest BCUT2D eigenvalue weighted by Crippen LogP contribution is -2.11. The molecule has 2 nitrogen and oxygen atoms in total. The second-order valence-electron chi connectivity index (χ2n) is 3.23. The van der Waals surface area contributed by atoms with Gasteiger partial charge >= 0.3 is 0 Å². The standard InChI is InChI=1S/C11H16ClNO/c1-8-4-5-10(12)11(14-3)9(8)6-7-13-2/h4-5,13H,6-7H2,1-3H3. The normalized spacial score (nSPS) is 10.3. The number of nitrogens with one attached hydrogen (secondary N) is 1. The van der Waals surface area contributed by atoms with Crippen LogP contribution in [0.15, 0.2) is 12.1 Å². The molecule has 0 amide bonds. The van der Waals surface area contributed by atoms with E-state index in [1.807, 2.05) is 19.2 Å². The summed E-state index contributed by atoms with van der Waals surface area (Å²) in [4.78, 5) is 0. The first-order valence-corrected chi connectivity index (χ1v) is 5.05. The Kier molecular flexibility index (Phi) is 4.23. The van der Waals surface area contributed by atoms with Gasteiger partial charge in [0.05, 0.1) is 12.1 Å². The summed E-state index contributed by atoms with van der Waals surface area (Å²) < 4.78 is 5.29. The predicted molar refractivity (Wildman–Crippen MR) is 60.4 cm³/mol. The van der Waals surface area contributed by atoms with Crippen molar-refractivity contribution in [3.05, 3.63) is 28.3 Å². The van der Waals surface area contributed by atoms with Crippen molar-refractivity contribution in [1.29, 1.82) is 0 Å². The zero-order valence-corrected chi connectivity index (χ0v) is 9.61. The summed E-state index contributed by atoms with van der Waals surface area (Å²) in [6.45, 7) is 3.00. The average molecular weight is 214 g/mol. The van der Waals surface area contributed by atoms with E-state index in [1.165, 1.54) is 11.1 Å². The highest BCUT2D eigenvalue weighted by Crippen LogP contribution is 2.30. The molecule has 0 saturated carbocycles. The quantitative estimate of drug-likeness (QED) is 0.830. The summed E-state index contributed by atoms with van der Waals surface area (Å²) in [5.41, 5.74) is 2.41. The minimum atomic E-state index is 0.684. The maximum Gasteiger partial charge on any atom is 0.140 e. The lowest BCUT2D eigenvalue weighted by molar-refractivity contribution is 0.409. The first-order valence-electron chi connectivity index (χ1n) is 4.67. The van der Waals surface area contributed by atoms with Crippen LogP contribution in [0.1, 0.15) is 11.1 Å². The van der Waals surface area contributed by atoms with Crippen LogP contribution in [0.2, 0.25) is 5.02 Å². The van der Waals surface area contributed by atoms with E-state index in [-0.39, 0.29) is 0 Å². The van der Waals surface area contributed by atoms with Crippen molar-refractivity contribution >= 4 is 11.6 Å². The molecule has 0 aliphatic heterocycles. The van der Waals surface area contributed by atoms with Crippen LogP contribution in [0, 0.1) is 6.92 Å². The van der Waals surface area contributed by atoms with Gasteiger partial charge in [-0.15, -0.1) is 0 Å². The first kappa shape index (κ1) is 11.3. The zero-order valence-electron chi connectivity index (χ0n) is 8.86. The molecular formula is C11H16ClNO. The van der Waals surface area contributed by atoms with Crippen molar-refractivity contribution in [2.45, 2.75) is 13.3 Å². The van der Waals surface area contributed by atoms with E-state index < -0.39 is 0 Å². The highest BCUT2D eigenvalue weighted by Gasteiger charge is 2.09. The Morgan fingerprint density at radius 2 is 2.14 bits per heavy atom. The summed E-state index contributed by atoms with van der Waals surface area (Å²) in [5.74, 6) is 0.807. The molecule has 1 N–H and O–H groups in total. The molecular weight excluding hydrogens is 198 g/mol. The summed E-state index contributed by atoms with van der Waals surface area (Å²) in [6, 6.07) is 3.90. The van der Waals surface area contributed by atoms with E-state index in [4.69, 9.17) is 16.3 Å². The van der Waals surface area contributed by atoms with Crippen LogP contribution >= 0.6 is 11.6 Å². The Bertz CT molecular complexity index is 312. The monoisotopic (exact) mass is 213 g/mol. The molecule has 0 fully saturated rings. The Labute approximate surface area is 90.2 Å². The largest absolute Gasteiger partial charge is 0.495 e. The number of aryl methyl sites for hydroxylation is 1. The molecule has 3 heteroatoms. The molecule has 0 heterocycles. The van der Waals surface area contributed by atoms with E-state index in [9.17, 15) is 0 Å². The van der Waals surface area contributed by atoms with Gasteiger partial charge in [-0.05, 0) is 44.1 Å². The van der Waals surface area contributed by atoms with E-state index in [0.717, 1.165) is 18.7 Å². The smallest absolute Gasteiger partial charge is 0.140 e. The van der Waals surface area contributed by atoms with Crippen molar-refractivity contribution in [2.24, 2.45) is 0 Å². The Balaban J connectivity index is 3.03. The van der Waals surface area contributed by atoms with Crippen LogP contribution in [0.25, 0.3) is 0 Å². The maximum atomic E-state index is 6.04. The Hall–Kier alpha value is -0.730. The number of rotatable bonds is 4. The third-order valence-corrected chi connectivity index (χ3v) is 2.57. The van der Waals surface area contributed by atoms with E-state index in [0.29, 0.717) is 5.02 Å². The van der Waals surface area contributed by atoms with Gasteiger partial charge < -0.3 is 10.1 Å². The third-order valence-electron chi connectivity index (χ3n) is 2.28. The molecule has 1 rings (SSSR count). The van der Waals surface area contributed by atoms with Crippen LogP contribution in [-0.4, -0.2) is 20.7 Å². The van der Waals surface area contributed by atoms with Gasteiger partial charge in [-0.2, -0.15) is 0 Å². The number of ether oxygens (including phenoxy) is 1. The van der Waals surface area contributed by atoms with Gasteiger partial charge in [0.1, 0.15) is 5.75 Å². The molecule has 0 radical (unpaired) electrons. The number of likely N-dealkylation sites (N-methyl/N-ethyl adjacent to an activating group) is 1. The van der Waals surface area contributed by atoms with Crippen molar-refractivity contribution in [1.82, 2.24) is 5.32 Å². The highest BCUT2D eigenvalue weighted by molar-refractivity contribution is 6.32. The van der Waals surface area contributed by atoms with Gasteiger partial charge in [0.15, 0.2) is 0 Å². The molecule has 1 aromatic carbocycles. The van der Waals surface area contributed by atoms with Gasteiger partial charge in [-0.3, -0.25) is 0 Å². The predicted octanol–water partition coefficient (Wildman–Crippen LogP) is 2.42. The van der Waals surface area contributed by atoms with Gasteiger partial charge in [0.2, 0.25) is 0 Å². The summed E-state index contributed by atoms with van der Waals surface area (Å²) in [5, 5.41) is 3.80. The molecule has 0 bridgehead atoms. The van der Waals surface area contributed by atoms with E-state index in [2.05, 4.69) is 12.2 Å². The summed E-state index contributed by atoms with van der Waals surface area (Å²) in [7, 11) is 3.59. The molecule has 0 saturated heterocycles. The Morgan fingerprint density at radius 3 is 2.71 bits per heavy atom. The highest BCUT2D eigenvalue weighted by atomic mass is 35.5. The lowest BCUT2D eigenvalue weighted by atomic mass is 10.0. The van der Waals surface area contributed by atoms with Crippen molar-refractivity contribution in [3.63, 3.8) is 0 Å². The zero-order chi connectivity index (χ0) is 10.6. The number of hydrogen-bond acceptors (Lipinski definition) is 2. The summed E-state index contributed by atoms with van der Waals surface area (Å²) >= 11 is 6.04. The molecule has 0 spiro atoms. The van der Waals surface area contributed by atoms with Gasteiger partial charge in [-0.25, -0.2) is 0 Å². The maximum absolute atomic E-state index is 6.04. The van der Waals surface area contributed by atoms with E-state index in [1.54, 1.807) is 7.11 Å². The second kappa shape index (κ2) is 5.23. The average Bonchev–Trinajstić information content (AvgIpc) is 2.19. The second-order valence-corrected chi connectivity index (χ2v) is 3.64. The fourth-order valence-corrected chi connectivity index (χ4v) is 1.73. The molecule has 0 aromatic heterocycles. The fraction of sp³-hybridized carbons (Fsp3) is 0.455. The number of halogens is 1. The molecule has 1 aromatic rings. The molecule has 0 atom stereocenters. The molecule has 0 unspecified atom stereocenters. The van der Waals surface area contributed by atoms with Crippen LogP contribution in [-0.2, 0) is 6.42 Å². The van der Waals surface area contributed by atoms with Gasteiger partial charge in [0, 0.05) is 0 Å². The van der Waals surface area contributed by atoms with Crippen LogP contribution in [0.5, 0.6) is 5.75 Å². The van der Waals surface area contributed by atoms with Crippen molar-refractivity contribution < 1.29 is 4.74 Å². The molecule has 0 aliphatic rings. The topological polar surface area (TPSA) is 21.3 Å². The van der Waals surface area contributed by atoms with Crippen molar-refractivity contribution in [3.8, 4) is 5.75 Å².